The summed E-state index contributed by atoms with van der Waals surface area (Å²) in [6.45, 7) is 2.11. The molecule has 0 aromatic rings. The first-order valence-electron chi connectivity index (χ1n) is 9.14. The molecule has 0 aliphatic carbocycles. The number of unbranched alkanes of at least 4 members (excludes halogenated alkanes) is 10. The summed E-state index contributed by atoms with van der Waals surface area (Å²) in [5.74, 6) is -2.15. The molecule has 0 aliphatic heterocycles. The van der Waals surface area contributed by atoms with Crippen molar-refractivity contribution in [3.05, 3.63) is 0 Å². The fourth-order valence-electron chi connectivity index (χ4n) is 2.70. The lowest BCUT2D eigenvalue weighted by Crippen LogP contribution is -2.27. The number of hydrogen-bond acceptors (Lipinski definition) is 3. The van der Waals surface area contributed by atoms with Crippen molar-refractivity contribution in [1.29, 1.82) is 0 Å². The van der Waals surface area contributed by atoms with Gasteiger partial charge in [-0.3, -0.25) is 4.79 Å². The molecule has 0 spiro atoms. The molecule has 0 bridgehead atoms. The Hall–Kier alpha value is -0.610. The number of hydrogen-bond donors (Lipinski definition) is 3. The minimum atomic E-state index is -1.46. The van der Waals surface area contributed by atoms with Crippen molar-refractivity contribution in [2.24, 2.45) is 0 Å². The quantitative estimate of drug-likeness (QED) is 0.287. The molecule has 0 aromatic carbocycles. The van der Waals surface area contributed by atoms with Crippen LogP contribution >= 0.6 is 0 Å². The summed E-state index contributed by atoms with van der Waals surface area (Å²) in [5.41, 5.74) is 0. The molecule has 4 heteroatoms. The highest BCUT2D eigenvalue weighted by molar-refractivity contribution is 5.66. The standard InChI is InChI=1S/C18H36O4/c1-2-3-12-15-18(21,22)16-13-10-8-6-4-5-7-9-11-14-17(19)20/h21-22H,2-16H2,1H3,(H,19,20). The Bertz CT molecular complexity index is 264. The van der Waals surface area contributed by atoms with Crippen LogP contribution in [-0.4, -0.2) is 27.1 Å². The van der Waals surface area contributed by atoms with Crippen molar-refractivity contribution in [3.8, 4) is 0 Å². The molecule has 0 radical (unpaired) electrons. The lowest BCUT2D eigenvalue weighted by Gasteiger charge is -2.21. The number of aliphatic hydroxyl groups is 2. The zero-order chi connectivity index (χ0) is 16.7. The summed E-state index contributed by atoms with van der Waals surface area (Å²) >= 11 is 0. The van der Waals surface area contributed by atoms with Gasteiger partial charge in [-0.15, -0.1) is 0 Å². The second kappa shape index (κ2) is 14.0. The first kappa shape index (κ1) is 21.4. The first-order valence-corrected chi connectivity index (χ1v) is 9.14. The number of carbonyl (C=O) groups is 1. The minimum absolute atomic E-state index is 0.294. The average molecular weight is 316 g/mol. The van der Waals surface area contributed by atoms with E-state index in [9.17, 15) is 15.0 Å². The maximum atomic E-state index is 10.3. The van der Waals surface area contributed by atoms with E-state index in [0.29, 0.717) is 19.3 Å². The van der Waals surface area contributed by atoms with Gasteiger partial charge in [0.05, 0.1) is 0 Å². The Morgan fingerprint density at radius 3 is 1.59 bits per heavy atom. The number of carboxylic acids is 1. The van der Waals surface area contributed by atoms with Crippen LogP contribution in [0.15, 0.2) is 0 Å². The predicted molar refractivity (Wildman–Crippen MR) is 89.7 cm³/mol. The van der Waals surface area contributed by atoms with Crippen LogP contribution in [-0.2, 0) is 4.79 Å². The van der Waals surface area contributed by atoms with Crippen LogP contribution in [0, 0.1) is 0 Å². The maximum absolute atomic E-state index is 10.3. The normalized spacial score (nSPS) is 11.8. The van der Waals surface area contributed by atoms with E-state index >= 15 is 0 Å². The van der Waals surface area contributed by atoms with Gasteiger partial charge < -0.3 is 15.3 Å². The van der Waals surface area contributed by atoms with Gasteiger partial charge in [-0.2, -0.15) is 0 Å². The Morgan fingerprint density at radius 1 is 0.727 bits per heavy atom. The van der Waals surface area contributed by atoms with Gasteiger partial charge in [0, 0.05) is 19.3 Å². The highest BCUT2D eigenvalue weighted by atomic mass is 16.5. The Labute approximate surface area is 135 Å². The molecule has 0 rings (SSSR count). The molecule has 22 heavy (non-hydrogen) atoms. The minimum Gasteiger partial charge on any atom is -0.481 e. The molecule has 0 aromatic heterocycles. The van der Waals surface area contributed by atoms with Gasteiger partial charge in [0.25, 0.3) is 0 Å². The summed E-state index contributed by atoms with van der Waals surface area (Å²) in [4.78, 5) is 10.3. The predicted octanol–water partition coefficient (Wildman–Crippen LogP) is 4.62. The lowest BCUT2D eigenvalue weighted by atomic mass is 10.00. The SMILES string of the molecule is CCCCCC(O)(O)CCCCCCCCCCCC(=O)O. The van der Waals surface area contributed by atoms with Gasteiger partial charge >= 0.3 is 5.97 Å². The molecule has 0 amide bonds. The zero-order valence-corrected chi connectivity index (χ0v) is 14.4. The second-order valence-corrected chi connectivity index (χ2v) is 6.52. The van der Waals surface area contributed by atoms with Crippen LogP contribution < -0.4 is 0 Å². The second-order valence-electron chi connectivity index (χ2n) is 6.52. The summed E-state index contributed by atoms with van der Waals surface area (Å²) in [6.07, 6.45) is 14.0. The molecule has 0 unspecified atom stereocenters. The molecule has 3 N–H and O–H groups in total. The monoisotopic (exact) mass is 316 g/mol. The Morgan fingerprint density at radius 2 is 1.14 bits per heavy atom. The number of carboxylic acid groups (broad SMARTS) is 1. The van der Waals surface area contributed by atoms with Crippen molar-refractivity contribution < 1.29 is 20.1 Å². The van der Waals surface area contributed by atoms with E-state index < -0.39 is 11.8 Å². The molecule has 0 saturated heterocycles. The van der Waals surface area contributed by atoms with Crippen LogP contribution in [0.2, 0.25) is 0 Å². The Balaban J connectivity index is 3.27. The fraction of sp³-hybridized carbons (Fsp3) is 0.944. The molecule has 0 heterocycles. The van der Waals surface area contributed by atoms with Gasteiger partial charge in [0.1, 0.15) is 0 Å². The first-order chi connectivity index (χ1) is 10.5. The van der Waals surface area contributed by atoms with Gasteiger partial charge in [-0.25, -0.2) is 0 Å². The van der Waals surface area contributed by atoms with Crippen molar-refractivity contribution in [3.63, 3.8) is 0 Å². The molecule has 0 aliphatic rings. The third-order valence-corrected chi connectivity index (χ3v) is 4.15. The third kappa shape index (κ3) is 15.8. The zero-order valence-electron chi connectivity index (χ0n) is 14.4. The number of aliphatic carboxylic acids is 1. The van der Waals surface area contributed by atoms with Crippen molar-refractivity contribution in [1.82, 2.24) is 0 Å². The van der Waals surface area contributed by atoms with Crippen LogP contribution in [0.5, 0.6) is 0 Å². The van der Waals surface area contributed by atoms with Gasteiger partial charge in [0.15, 0.2) is 5.79 Å². The van der Waals surface area contributed by atoms with E-state index in [4.69, 9.17) is 5.11 Å². The van der Waals surface area contributed by atoms with Crippen LogP contribution in [0.4, 0.5) is 0 Å². The number of rotatable bonds is 16. The topological polar surface area (TPSA) is 77.8 Å². The molecule has 0 fully saturated rings. The van der Waals surface area contributed by atoms with Crippen LogP contribution in [0.25, 0.3) is 0 Å². The van der Waals surface area contributed by atoms with Crippen molar-refractivity contribution >= 4 is 5.97 Å². The Kier molecular flexibility index (Phi) is 13.6. The van der Waals surface area contributed by atoms with E-state index in [1.165, 1.54) is 19.3 Å². The van der Waals surface area contributed by atoms with Crippen molar-refractivity contribution in [2.45, 2.75) is 109 Å². The smallest absolute Gasteiger partial charge is 0.303 e. The largest absolute Gasteiger partial charge is 0.481 e. The summed E-state index contributed by atoms with van der Waals surface area (Å²) in [5, 5.41) is 28.2. The molecular weight excluding hydrogens is 280 g/mol. The van der Waals surface area contributed by atoms with Gasteiger partial charge in [-0.05, 0) is 19.3 Å². The highest BCUT2D eigenvalue weighted by Gasteiger charge is 2.21. The maximum Gasteiger partial charge on any atom is 0.303 e. The summed E-state index contributed by atoms with van der Waals surface area (Å²) in [6, 6.07) is 0. The molecule has 0 saturated carbocycles. The van der Waals surface area contributed by atoms with E-state index in [-0.39, 0.29) is 0 Å². The van der Waals surface area contributed by atoms with E-state index in [1.807, 2.05) is 0 Å². The molecule has 132 valence electrons. The summed E-state index contributed by atoms with van der Waals surface area (Å²) in [7, 11) is 0. The molecular formula is C18H36O4. The van der Waals surface area contributed by atoms with E-state index in [2.05, 4.69) is 6.92 Å². The van der Waals surface area contributed by atoms with Crippen molar-refractivity contribution in [2.75, 3.05) is 0 Å². The van der Waals surface area contributed by atoms with Crippen LogP contribution in [0.3, 0.4) is 0 Å². The average Bonchev–Trinajstić information content (AvgIpc) is 2.44. The van der Waals surface area contributed by atoms with Gasteiger partial charge in [-0.1, -0.05) is 64.7 Å². The van der Waals surface area contributed by atoms with Gasteiger partial charge in [0.2, 0.25) is 0 Å². The van der Waals surface area contributed by atoms with Crippen LogP contribution in [0.1, 0.15) is 103 Å². The third-order valence-electron chi connectivity index (χ3n) is 4.15. The fourth-order valence-corrected chi connectivity index (χ4v) is 2.70. The molecule has 0 atom stereocenters. The molecule has 4 nitrogen and oxygen atoms in total. The highest BCUT2D eigenvalue weighted by Crippen LogP contribution is 2.20. The summed E-state index contributed by atoms with van der Waals surface area (Å²) < 4.78 is 0. The van der Waals surface area contributed by atoms with E-state index in [0.717, 1.165) is 57.8 Å². The lowest BCUT2D eigenvalue weighted by molar-refractivity contribution is -0.172. The van der Waals surface area contributed by atoms with E-state index in [1.54, 1.807) is 0 Å².